The number of hydrogen-bond acceptors (Lipinski definition) is 4. The minimum Gasteiger partial charge on any atom is -0.481 e. The van der Waals surface area contributed by atoms with E-state index in [9.17, 15) is 9.59 Å². The Morgan fingerprint density at radius 1 is 1.33 bits per heavy atom. The zero-order valence-corrected chi connectivity index (χ0v) is 11.9. The van der Waals surface area contributed by atoms with Gasteiger partial charge in [-0.05, 0) is 25.2 Å². The van der Waals surface area contributed by atoms with Gasteiger partial charge in [0.25, 0.3) is 0 Å². The molecular weight excluding hydrogens is 272 g/mol. The summed E-state index contributed by atoms with van der Waals surface area (Å²) in [5.74, 6) is -0.204. The van der Waals surface area contributed by atoms with Gasteiger partial charge in [-0.3, -0.25) is 14.3 Å². The third-order valence-corrected chi connectivity index (χ3v) is 4.56. The number of aromatic nitrogens is 3. The molecule has 7 nitrogen and oxygen atoms in total. The van der Waals surface area contributed by atoms with Crippen LogP contribution >= 0.6 is 0 Å². The molecule has 3 rings (SSSR count). The number of likely N-dealkylation sites (tertiary alicyclic amines) is 1. The van der Waals surface area contributed by atoms with Crippen LogP contribution in [0.25, 0.3) is 0 Å². The van der Waals surface area contributed by atoms with E-state index in [0.29, 0.717) is 18.9 Å². The van der Waals surface area contributed by atoms with Gasteiger partial charge in [0.2, 0.25) is 5.91 Å². The minimum absolute atomic E-state index is 0.197. The SMILES string of the molecule is O=C(O)CC1CC2(C1)CN(C(=O)CCCn1cncn1)C2. The van der Waals surface area contributed by atoms with Crippen molar-refractivity contribution in [3.05, 3.63) is 12.7 Å². The Labute approximate surface area is 123 Å². The average Bonchev–Trinajstić information content (AvgIpc) is 2.82. The number of carboxylic acids is 1. The molecule has 0 aromatic carbocycles. The average molecular weight is 292 g/mol. The van der Waals surface area contributed by atoms with E-state index >= 15 is 0 Å². The van der Waals surface area contributed by atoms with E-state index in [2.05, 4.69) is 10.1 Å². The Balaban J connectivity index is 1.33. The maximum Gasteiger partial charge on any atom is 0.303 e. The van der Waals surface area contributed by atoms with Crippen LogP contribution in [-0.4, -0.2) is 49.7 Å². The Bertz CT molecular complexity index is 514. The fraction of sp³-hybridized carbons (Fsp3) is 0.714. The smallest absolute Gasteiger partial charge is 0.303 e. The van der Waals surface area contributed by atoms with E-state index in [1.165, 1.54) is 6.33 Å². The Hall–Kier alpha value is -1.92. The molecule has 2 aliphatic rings. The molecular formula is C14H20N4O3. The first-order chi connectivity index (χ1) is 10.1. The van der Waals surface area contributed by atoms with Crippen molar-refractivity contribution in [1.82, 2.24) is 19.7 Å². The lowest BCUT2D eigenvalue weighted by atomic mass is 9.57. The van der Waals surface area contributed by atoms with Crippen LogP contribution < -0.4 is 0 Å². The molecule has 1 aromatic rings. The minimum atomic E-state index is -0.713. The van der Waals surface area contributed by atoms with E-state index in [4.69, 9.17) is 5.11 Å². The van der Waals surface area contributed by atoms with E-state index in [-0.39, 0.29) is 17.7 Å². The lowest BCUT2D eigenvalue weighted by Crippen LogP contribution is -2.63. The summed E-state index contributed by atoms with van der Waals surface area (Å²) in [6.45, 7) is 2.34. The third kappa shape index (κ3) is 3.06. The Morgan fingerprint density at radius 3 is 2.71 bits per heavy atom. The van der Waals surface area contributed by atoms with Gasteiger partial charge in [-0.15, -0.1) is 0 Å². The molecule has 0 atom stereocenters. The quantitative estimate of drug-likeness (QED) is 0.836. The molecule has 1 saturated carbocycles. The highest BCUT2D eigenvalue weighted by molar-refractivity contribution is 5.77. The van der Waals surface area contributed by atoms with Crippen molar-refractivity contribution in [3.63, 3.8) is 0 Å². The molecule has 1 spiro atoms. The zero-order chi connectivity index (χ0) is 14.9. The van der Waals surface area contributed by atoms with E-state index < -0.39 is 5.97 Å². The van der Waals surface area contributed by atoms with Gasteiger partial charge in [0.05, 0.1) is 0 Å². The lowest BCUT2D eigenvalue weighted by Gasteiger charge is -2.59. The number of rotatable bonds is 6. The van der Waals surface area contributed by atoms with Crippen LogP contribution in [0.4, 0.5) is 0 Å². The molecule has 0 radical (unpaired) electrons. The highest BCUT2D eigenvalue weighted by Gasteiger charge is 2.53. The van der Waals surface area contributed by atoms with Gasteiger partial charge < -0.3 is 10.0 Å². The topological polar surface area (TPSA) is 88.3 Å². The molecule has 2 fully saturated rings. The second kappa shape index (κ2) is 5.46. The largest absolute Gasteiger partial charge is 0.481 e. The molecule has 1 aromatic heterocycles. The second-order valence-electron chi connectivity index (χ2n) is 6.38. The molecule has 2 heterocycles. The second-order valence-corrected chi connectivity index (χ2v) is 6.38. The lowest BCUT2D eigenvalue weighted by molar-refractivity contribution is -0.159. The van der Waals surface area contributed by atoms with E-state index in [1.807, 2.05) is 4.90 Å². The van der Waals surface area contributed by atoms with Gasteiger partial charge in [-0.25, -0.2) is 4.98 Å². The van der Waals surface area contributed by atoms with Crippen molar-refractivity contribution in [3.8, 4) is 0 Å². The van der Waals surface area contributed by atoms with Crippen LogP contribution in [0.2, 0.25) is 0 Å². The molecule has 1 aliphatic carbocycles. The molecule has 0 unspecified atom stereocenters. The van der Waals surface area contributed by atoms with Crippen LogP contribution in [0.15, 0.2) is 12.7 Å². The van der Waals surface area contributed by atoms with Gasteiger partial charge in [0.1, 0.15) is 12.7 Å². The summed E-state index contributed by atoms with van der Waals surface area (Å²) in [6, 6.07) is 0. The fourth-order valence-corrected chi connectivity index (χ4v) is 3.65. The van der Waals surface area contributed by atoms with Crippen LogP contribution in [0.5, 0.6) is 0 Å². The van der Waals surface area contributed by atoms with Gasteiger partial charge in [-0.1, -0.05) is 0 Å². The number of amides is 1. The summed E-state index contributed by atoms with van der Waals surface area (Å²) >= 11 is 0. The molecule has 1 saturated heterocycles. The van der Waals surface area contributed by atoms with Gasteiger partial charge >= 0.3 is 5.97 Å². The number of aryl methyl sites for hydroxylation is 1. The first kappa shape index (κ1) is 14.0. The molecule has 114 valence electrons. The highest BCUT2D eigenvalue weighted by atomic mass is 16.4. The molecule has 1 amide bonds. The normalized spacial score (nSPS) is 20.1. The first-order valence-electron chi connectivity index (χ1n) is 7.38. The van der Waals surface area contributed by atoms with E-state index in [0.717, 1.165) is 32.4 Å². The number of carbonyl (C=O) groups is 2. The summed E-state index contributed by atoms with van der Waals surface area (Å²) in [5, 5.41) is 12.8. The maximum absolute atomic E-state index is 12.0. The van der Waals surface area contributed by atoms with Crippen molar-refractivity contribution in [1.29, 1.82) is 0 Å². The Morgan fingerprint density at radius 2 is 2.10 bits per heavy atom. The first-order valence-corrected chi connectivity index (χ1v) is 7.38. The standard InChI is InChI=1S/C14H20N4O3/c19-12(2-1-3-18-10-15-9-16-18)17-7-14(8-17)5-11(6-14)4-13(20)21/h9-11H,1-8H2,(H,20,21). The molecule has 7 heteroatoms. The predicted molar refractivity (Wildman–Crippen MR) is 73.2 cm³/mol. The van der Waals surface area contributed by atoms with Gasteiger partial charge in [-0.2, -0.15) is 5.10 Å². The zero-order valence-electron chi connectivity index (χ0n) is 11.9. The molecule has 0 bridgehead atoms. The van der Waals surface area contributed by atoms with Crippen LogP contribution in [0.1, 0.15) is 32.1 Å². The summed E-state index contributed by atoms with van der Waals surface area (Å²) in [4.78, 5) is 28.4. The van der Waals surface area contributed by atoms with Gasteiger partial charge in [0.15, 0.2) is 0 Å². The summed E-state index contributed by atoms with van der Waals surface area (Å²) < 4.78 is 1.73. The van der Waals surface area contributed by atoms with Crippen molar-refractivity contribution >= 4 is 11.9 Å². The number of hydrogen-bond donors (Lipinski definition) is 1. The summed E-state index contributed by atoms with van der Waals surface area (Å²) in [5.41, 5.74) is 0.238. The van der Waals surface area contributed by atoms with Crippen LogP contribution in [-0.2, 0) is 16.1 Å². The third-order valence-electron chi connectivity index (χ3n) is 4.56. The van der Waals surface area contributed by atoms with Crippen molar-refractivity contribution in [2.45, 2.75) is 38.6 Å². The number of nitrogens with zero attached hydrogens (tertiary/aromatic N) is 4. The highest BCUT2D eigenvalue weighted by Crippen LogP contribution is 2.53. The van der Waals surface area contributed by atoms with Crippen molar-refractivity contribution in [2.75, 3.05) is 13.1 Å². The van der Waals surface area contributed by atoms with Crippen molar-refractivity contribution < 1.29 is 14.7 Å². The number of carboxylic acid groups (broad SMARTS) is 1. The summed E-state index contributed by atoms with van der Waals surface area (Å²) in [6.07, 6.45) is 6.64. The number of aliphatic carboxylic acids is 1. The van der Waals surface area contributed by atoms with Crippen molar-refractivity contribution in [2.24, 2.45) is 11.3 Å². The summed E-state index contributed by atoms with van der Waals surface area (Å²) in [7, 11) is 0. The molecule has 1 aliphatic heterocycles. The molecule has 21 heavy (non-hydrogen) atoms. The fourth-order valence-electron chi connectivity index (χ4n) is 3.65. The van der Waals surface area contributed by atoms with Crippen LogP contribution in [0, 0.1) is 11.3 Å². The molecule has 1 N–H and O–H groups in total. The maximum atomic E-state index is 12.0. The van der Waals surface area contributed by atoms with Crippen LogP contribution in [0.3, 0.4) is 0 Å². The van der Waals surface area contributed by atoms with E-state index in [1.54, 1.807) is 11.0 Å². The number of carbonyl (C=O) groups excluding carboxylic acids is 1. The monoisotopic (exact) mass is 292 g/mol. The Kier molecular flexibility index (Phi) is 3.65. The van der Waals surface area contributed by atoms with Gasteiger partial charge in [0, 0.05) is 37.9 Å². The predicted octanol–water partition coefficient (Wildman–Crippen LogP) is 0.772.